The zero-order valence-corrected chi connectivity index (χ0v) is 13.6. The van der Waals surface area contributed by atoms with Gasteiger partial charge in [0.2, 0.25) is 0 Å². The van der Waals surface area contributed by atoms with Crippen molar-refractivity contribution in [1.29, 1.82) is 0 Å². The quantitative estimate of drug-likeness (QED) is 0.791. The number of nitrogens with one attached hydrogen (secondary N) is 1. The zero-order valence-electron chi connectivity index (χ0n) is 13.6. The first-order chi connectivity index (χ1) is 11.1. The molecular weight excluding hydrogens is 290 g/mol. The minimum Gasteiger partial charge on any atom is -0.512 e. The molecule has 23 heavy (non-hydrogen) atoms. The zero-order chi connectivity index (χ0) is 16.7. The van der Waals surface area contributed by atoms with Crippen LogP contribution in [0.25, 0.3) is 0 Å². The van der Waals surface area contributed by atoms with Gasteiger partial charge in [0.1, 0.15) is 6.04 Å². The monoisotopic (exact) mass is 313 g/mol. The SMILES string of the molecule is COC(=O)C(CC1=CC=C(O)CC=C1)NCc1ccccc1C. The highest BCUT2D eigenvalue weighted by atomic mass is 16.5. The van der Waals surface area contributed by atoms with E-state index in [0.29, 0.717) is 25.1 Å². The lowest BCUT2D eigenvalue weighted by Gasteiger charge is -2.17. The molecule has 0 radical (unpaired) electrons. The van der Waals surface area contributed by atoms with Crippen LogP contribution >= 0.6 is 0 Å². The molecular formula is C19H23NO3. The Morgan fingerprint density at radius 1 is 1.35 bits per heavy atom. The van der Waals surface area contributed by atoms with Gasteiger partial charge in [-0.1, -0.05) is 42.5 Å². The van der Waals surface area contributed by atoms with Crippen molar-refractivity contribution >= 4 is 5.97 Å². The predicted octanol–water partition coefficient (Wildman–Crippen LogP) is 3.34. The van der Waals surface area contributed by atoms with Gasteiger partial charge in [-0.2, -0.15) is 0 Å². The number of esters is 1. The van der Waals surface area contributed by atoms with Gasteiger partial charge in [-0.3, -0.25) is 4.79 Å². The fourth-order valence-corrected chi connectivity index (χ4v) is 2.45. The number of rotatable bonds is 6. The van der Waals surface area contributed by atoms with Crippen molar-refractivity contribution in [3.05, 3.63) is 71.0 Å². The van der Waals surface area contributed by atoms with E-state index in [0.717, 1.165) is 11.1 Å². The molecule has 0 aromatic heterocycles. The Bertz CT molecular complexity index is 644. The van der Waals surface area contributed by atoms with E-state index in [1.54, 1.807) is 6.08 Å². The van der Waals surface area contributed by atoms with E-state index >= 15 is 0 Å². The number of ether oxygens (including phenoxy) is 1. The molecule has 0 fully saturated rings. The lowest BCUT2D eigenvalue weighted by molar-refractivity contribution is -0.143. The van der Waals surface area contributed by atoms with Crippen molar-refractivity contribution in [3.8, 4) is 0 Å². The number of hydrogen-bond acceptors (Lipinski definition) is 4. The minimum atomic E-state index is -0.427. The summed E-state index contributed by atoms with van der Waals surface area (Å²) in [6.07, 6.45) is 8.36. The molecule has 1 aliphatic rings. The van der Waals surface area contributed by atoms with Crippen LogP contribution in [-0.4, -0.2) is 24.2 Å². The van der Waals surface area contributed by atoms with E-state index < -0.39 is 6.04 Å². The molecule has 0 aliphatic heterocycles. The van der Waals surface area contributed by atoms with Gasteiger partial charge in [0.15, 0.2) is 0 Å². The molecule has 0 spiro atoms. The third-order valence-electron chi connectivity index (χ3n) is 3.87. The van der Waals surface area contributed by atoms with Crippen LogP contribution in [0.2, 0.25) is 0 Å². The van der Waals surface area contributed by atoms with Crippen molar-refractivity contribution in [1.82, 2.24) is 5.32 Å². The second-order valence-electron chi connectivity index (χ2n) is 5.59. The second kappa shape index (κ2) is 8.34. The Balaban J connectivity index is 2.06. The standard InChI is InChI=1S/C19H23NO3/c1-14-6-3-4-8-16(14)13-20-18(19(22)23-2)12-15-7-5-9-17(21)11-10-15/h3-8,10-11,18,20-21H,9,12-13H2,1-2H3. The van der Waals surface area contributed by atoms with Gasteiger partial charge in [0.05, 0.1) is 12.9 Å². The number of aliphatic hydroxyl groups is 1. The van der Waals surface area contributed by atoms with Gasteiger partial charge >= 0.3 is 5.97 Å². The third-order valence-corrected chi connectivity index (χ3v) is 3.87. The minimum absolute atomic E-state index is 0.287. The molecule has 1 aromatic carbocycles. The molecule has 0 saturated heterocycles. The summed E-state index contributed by atoms with van der Waals surface area (Å²) in [5, 5.41) is 12.8. The molecule has 0 saturated carbocycles. The molecule has 1 unspecified atom stereocenters. The van der Waals surface area contributed by atoms with E-state index in [2.05, 4.69) is 5.32 Å². The Hall–Kier alpha value is -2.33. The maximum absolute atomic E-state index is 12.0. The molecule has 1 atom stereocenters. The van der Waals surface area contributed by atoms with E-state index in [4.69, 9.17) is 4.74 Å². The summed E-state index contributed by atoms with van der Waals surface area (Å²) in [4.78, 5) is 12.0. The van der Waals surface area contributed by atoms with Crippen LogP contribution in [0.3, 0.4) is 0 Å². The number of allylic oxidation sites excluding steroid dienone is 4. The third kappa shape index (κ3) is 5.11. The van der Waals surface area contributed by atoms with Gasteiger partial charge in [-0.15, -0.1) is 0 Å². The van der Waals surface area contributed by atoms with E-state index in [9.17, 15) is 9.90 Å². The highest BCUT2D eigenvalue weighted by Crippen LogP contribution is 2.15. The summed E-state index contributed by atoms with van der Waals surface area (Å²) in [7, 11) is 1.40. The van der Waals surface area contributed by atoms with Gasteiger partial charge in [-0.25, -0.2) is 0 Å². The van der Waals surface area contributed by atoms with Crippen LogP contribution in [0.15, 0.2) is 59.9 Å². The average Bonchev–Trinajstić information content (AvgIpc) is 2.76. The van der Waals surface area contributed by atoms with E-state index in [1.165, 1.54) is 12.7 Å². The molecule has 2 N–H and O–H groups in total. The molecule has 0 heterocycles. The second-order valence-corrected chi connectivity index (χ2v) is 5.59. The van der Waals surface area contributed by atoms with Crippen LogP contribution in [0, 0.1) is 6.92 Å². The fourth-order valence-electron chi connectivity index (χ4n) is 2.45. The maximum atomic E-state index is 12.0. The Labute approximate surface area is 137 Å². The number of carbonyl (C=O) groups is 1. The molecule has 0 amide bonds. The Morgan fingerprint density at radius 2 is 2.13 bits per heavy atom. The van der Waals surface area contributed by atoms with Crippen molar-refractivity contribution in [2.75, 3.05) is 7.11 Å². The molecule has 4 heteroatoms. The molecule has 1 aromatic rings. The maximum Gasteiger partial charge on any atom is 0.323 e. The summed E-state index contributed by atoms with van der Waals surface area (Å²) in [5.41, 5.74) is 3.32. The first kappa shape index (κ1) is 17.0. The van der Waals surface area contributed by atoms with E-state index in [1.807, 2.05) is 49.4 Å². The van der Waals surface area contributed by atoms with Gasteiger partial charge in [0.25, 0.3) is 0 Å². The summed E-state index contributed by atoms with van der Waals surface area (Å²) in [6, 6.07) is 7.65. The number of hydrogen-bond donors (Lipinski definition) is 2. The normalized spacial score (nSPS) is 15.4. The topological polar surface area (TPSA) is 58.6 Å². The lowest BCUT2D eigenvalue weighted by atomic mass is 10.0. The highest BCUT2D eigenvalue weighted by molar-refractivity contribution is 5.76. The summed E-state index contributed by atoms with van der Waals surface area (Å²) in [5.74, 6) is 0.0315. The highest BCUT2D eigenvalue weighted by Gasteiger charge is 2.20. The molecule has 122 valence electrons. The average molecular weight is 313 g/mol. The van der Waals surface area contributed by atoms with Crippen molar-refractivity contribution in [2.45, 2.75) is 32.4 Å². The van der Waals surface area contributed by atoms with Crippen LogP contribution in [0.4, 0.5) is 0 Å². The number of aliphatic hydroxyl groups excluding tert-OH is 1. The number of benzene rings is 1. The predicted molar refractivity (Wildman–Crippen MR) is 91.0 cm³/mol. The Morgan fingerprint density at radius 3 is 2.87 bits per heavy atom. The number of methoxy groups -OCH3 is 1. The van der Waals surface area contributed by atoms with E-state index in [-0.39, 0.29) is 5.97 Å². The first-order valence-electron chi connectivity index (χ1n) is 7.71. The van der Waals surface area contributed by atoms with Crippen LogP contribution < -0.4 is 5.32 Å². The number of aryl methyl sites for hydroxylation is 1. The molecule has 2 rings (SSSR count). The summed E-state index contributed by atoms with van der Waals surface area (Å²) in [6.45, 7) is 2.65. The van der Waals surface area contributed by atoms with Crippen LogP contribution in [0.1, 0.15) is 24.0 Å². The summed E-state index contributed by atoms with van der Waals surface area (Å²) < 4.78 is 4.91. The first-order valence-corrected chi connectivity index (χ1v) is 7.71. The van der Waals surface area contributed by atoms with Crippen molar-refractivity contribution in [2.24, 2.45) is 0 Å². The van der Waals surface area contributed by atoms with Crippen LogP contribution in [-0.2, 0) is 16.1 Å². The lowest BCUT2D eigenvalue weighted by Crippen LogP contribution is -2.37. The van der Waals surface area contributed by atoms with Crippen molar-refractivity contribution < 1.29 is 14.6 Å². The molecule has 1 aliphatic carbocycles. The van der Waals surface area contributed by atoms with Gasteiger partial charge in [-0.05, 0) is 36.1 Å². The van der Waals surface area contributed by atoms with Gasteiger partial charge in [0, 0.05) is 13.0 Å². The Kier molecular flexibility index (Phi) is 6.18. The molecule has 0 bridgehead atoms. The molecule has 4 nitrogen and oxygen atoms in total. The summed E-state index contributed by atoms with van der Waals surface area (Å²) >= 11 is 0. The smallest absolute Gasteiger partial charge is 0.323 e. The van der Waals surface area contributed by atoms with Crippen LogP contribution in [0.5, 0.6) is 0 Å². The van der Waals surface area contributed by atoms with Gasteiger partial charge < -0.3 is 15.2 Å². The number of carbonyl (C=O) groups excluding carboxylic acids is 1. The largest absolute Gasteiger partial charge is 0.512 e. The fraction of sp³-hybridized carbons (Fsp3) is 0.316. The van der Waals surface area contributed by atoms with Crippen molar-refractivity contribution in [3.63, 3.8) is 0 Å².